The van der Waals surface area contributed by atoms with Crippen molar-refractivity contribution in [3.05, 3.63) is 35.8 Å². The molecule has 0 bridgehead atoms. The van der Waals surface area contributed by atoms with E-state index in [2.05, 4.69) is 15.2 Å². The summed E-state index contributed by atoms with van der Waals surface area (Å²) in [5.74, 6) is 1.75. The van der Waals surface area contributed by atoms with Crippen LogP contribution in [0, 0.1) is 11.8 Å². The largest absolute Gasteiger partial charge is 0.396 e. The average Bonchev–Trinajstić information content (AvgIpc) is 3.27. The molecule has 4 rings (SSSR count). The van der Waals surface area contributed by atoms with Crippen LogP contribution in [-0.4, -0.2) is 51.5 Å². The molecule has 0 radical (unpaired) electrons. The minimum Gasteiger partial charge on any atom is -0.396 e. The highest BCUT2D eigenvalue weighted by Crippen LogP contribution is 2.33. The second-order valence-corrected chi connectivity index (χ2v) is 6.43. The van der Waals surface area contributed by atoms with Crippen molar-refractivity contribution in [2.45, 2.75) is 13.1 Å². The first kappa shape index (κ1) is 15.4. The lowest BCUT2D eigenvalue weighted by atomic mass is 9.98. The first-order valence-corrected chi connectivity index (χ1v) is 8.27. The number of pyridine rings is 1. The predicted molar refractivity (Wildman–Crippen MR) is 89.2 cm³/mol. The third kappa shape index (κ3) is 2.64. The number of hydrogen-bond donors (Lipinski definition) is 3. The molecule has 0 amide bonds. The topological polar surface area (TPSA) is 94.4 Å². The van der Waals surface area contributed by atoms with Crippen molar-refractivity contribution in [1.29, 1.82) is 0 Å². The van der Waals surface area contributed by atoms with E-state index in [1.807, 2.05) is 12.1 Å². The van der Waals surface area contributed by atoms with Crippen molar-refractivity contribution in [2.24, 2.45) is 11.8 Å². The van der Waals surface area contributed by atoms with E-state index < -0.39 is 0 Å². The van der Waals surface area contributed by atoms with Crippen LogP contribution in [-0.2, 0) is 13.1 Å². The van der Waals surface area contributed by atoms with E-state index in [-0.39, 0.29) is 25.0 Å². The van der Waals surface area contributed by atoms with Crippen molar-refractivity contribution in [3.63, 3.8) is 0 Å². The number of anilines is 1. The summed E-state index contributed by atoms with van der Waals surface area (Å²) in [6, 6.07) is 3.83. The van der Waals surface area contributed by atoms with Gasteiger partial charge in [-0.05, 0) is 12.1 Å². The van der Waals surface area contributed by atoms with Crippen LogP contribution in [0.3, 0.4) is 0 Å². The molecule has 2 aromatic rings. The molecule has 126 valence electrons. The fourth-order valence-corrected chi connectivity index (χ4v) is 3.56. The fraction of sp³-hybridized carbons (Fsp3) is 0.471. The van der Waals surface area contributed by atoms with Gasteiger partial charge in [0.15, 0.2) is 5.82 Å². The van der Waals surface area contributed by atoms with Crippen LogP contribution in [0.1, 0.15) is 11.3 Å². The summed E-state index contributed by atoms with van der Waals surface area (Å²) in [5.41, 5.74) is 3.04. The molecular formula is C17H21N5O2. The van der Waals surface area contributed by atoms with E-state index in [9.17, 15) is 10.2 Å². The molecule has 2 atom stereocenters. The summed E-state index contributed by atoms with van der Waals surface area (Å²) in [4.78, 5) is 15.8. The normalized spacial score (nSPS) is 22.8. The van der Waals surface area contributed by atoms with E-state index in [1.54, 1.807) is 12.4 Å². The smallest absolute Gasteiger partial charge is 0.163 e. The number of rotatable bonds is 4. The molecule has 7 nitrogen and oxygen atoms in total. The summed E-state index contributed by atoms with van der Waals surface area (Å²) in [6.45, 7) is 3.07. The van der Waals surface area contributed by atoms with Gasteiger partial charge in [-0.25, -0.2) is 9.97 Å². The monoisotopic (exact) mass is 327 g/mol. The molecule has 0 spiro atoms. The Morgan fingerprint density at radius 2 is 1.92 bits per heavy atom. The van der Waals surface area contributed by atoms with Crippen LogP contribution in [0.2, 0.25) is 0 Å². The van der Waals surface area contributed by atoms with Crippen molar-refractivity contribution in [1.82, 2.24) is 20.3 Å². The van der Waals surface area contributed by atoms with Crippen molar-refractivity contribution in [3.8, 4) is 11.4 Å². The summed E-state index contributed by atoms with van der Waals surface area (Å²) in [7, 11) is 0. The van der Waals surface area contributed by atoms with Crippen molar-refractivity contribution < 1.29 is 10.2 Å². The number of hydrogen-bond acceptors (Lipinski definition) is 7. The third-order valence-electron chi connectivity index (χ3n) is 4.93. The maximum absolute atomic E-state index is 9.57. The second-order valence-electron chi connectivity index (χ2n) is 6.43. The Bertz CT molecular complexity index is 712. The Hall–Kier alpha value is -2.09. The van der Waals surface area contributed by atoms with Gasteiger partial charge >= 0.3 is 0 Å². The third-order valence-corrected chi connectivity index (χ3v) is 4.93. The van der Waals surface area contributed by atoms with Gasteiger partial charge in [0.1, 0.15) is 5.82 Å². The van der Waals surface area contributed by atoms with E-state index in [0.29, 0.717) is 18.9 Å². The molecule has 2 aromatic heterocycles. The molecule has 0 unspecified atom stereocenters. The molecule has 0 saturated carbocycles. The number of aliphatic hydroxyl groups is 2. The molecule has 3 N–H and O–H groups in total. The number of aliphatic hydroxyl groups excluding tert-OH is 2. The summed E-state index contributed by atoms with van der Waals surface area (Å²) in [5, 5.41) is 22.5. The predicted octanol–water partition coefficient (Wildman–Crippen LogP) is 0.179. The molecule has 24 heavy (non-hydrogen) atoms. The number of nitrogens with zero attached hydrogens (tertiary/aromatic N) is 4. The minimum atomic E-state index is 0.0804. The summed E-state index contributed by atoms with van der Waals surface area (Å²) >= 11 is 0. The highest BCUT2D eigenvalue weighted by molar-refractivity contribution is 5.61. The molecule has 1 saturated heterocycles. The molecule has 4 heterocycles. The Morgan fingerprint density at radius 1 is 1.12 bits per heavy atom. The van der Waals surface area contributed by atoms with E-state index in [1.165, 1.54) is 0 Å². The van der Waals surface area contributed by atoms with Crippen LogP contribution < -0.4 is 10.2 Å². The highest BCUT2D eigenvalue weighted by atomic mass is 16.3. The van der Waals surface area contributed by atoms with E-state index in [0.717, 1.165) is 35.7 Å². The van der Waals surface area contributed by atoms with Crippen LogP contribution in [0.15, 0.2) is 24.5 Å². The van der Waals surface area contributed by atoms with Crippen LogP contribution >= 0.6 is 0 Å². The van der Waals surface area contributed by atoms with Gasteiger partial charge < -0.3 is 20.4 Å². The molecule has 2 aliphatic rings. The van der Waals surface area contributed by atoms with Crippen LogP contribution in [0.5, 0.6) is 0 Å². The molecule has 2 aliphatic heterocycles. The lowest BCUT2D eigenvalue weighted by molar-refractivity contribution is 0.152. The number of fused-ring (bicyclic) bond motifs is 1. The van der Waals surface area contributed by atoms with Gasteiger partial charge in [0.2, 0.25) is 0 Å². The van der Waals surface area contributed by atoms with Crippen molar-refractivity contribution in [2.75, 3.05) is 31.2 Å². The first-order chi connectivity index (χ1) is 11.8. The lowest BCUT2D eigenvalue weighted by Gasteiger charge is -2.21. The summed E-state index contributed by atoms with van der Waals surface area (Å²) in [6.07, 6.45) is 3.50. The molecule has 0 aromatic carbocycles. The zero-order valence-corrected chi connectivity index (χ0v) is 13.4. The average molecular weight is 327 g/mol. The van der Waals surface area contributed by atoms with E-state index in [4.69, 9.17) is 9.97 Å². The van der Waals surface area contributed by atoms with E-state index >= 15 is 0 Å². The van der Waals surface area contributed by atoms with Gasteiger partial charge in [-0.3, -0.25) is 4.98 Å². The minimum absolute atomic E-state index is 0.0804. The molecule has 7 heteroatoms. The SMILES string of the molecule is OC[C@@H]1CN(c2nc(-c3cccnc3)nc3c2CNC3)C[C@H]1CO. The van der Waals surface area contributed by atoms with Gasteiger partial charge in [0, 0.05) is 74.7 Å². The maximum atomic E-state index is 9.57. The zero-order chi connectivity index (χ0) is 16.5. The quantitative estimate of drug-likeness (QED) is 0.737. The van der Waals surface area contributed by atoms with Gasteiger partial charge in [-0.15, -0.1) is 0 Å². The van der Waals surface area contributed by atoms with Gasteiger partial charge in [-0.2, -0.15) is 0 Å². The number of aromatic nitrogens is 3. The Labute approximate surface area is 140 Å². The Balaban J connectivity index is 1.74. The van der Waals surface area contributed by atoms with Gasteiger partial charge in [0.05, 0.1) is 5.69 Å². The number of nitrogens with one attached hydrogen (secondary N) is 1. The van der Waals surface area contributed by atoms with Crippen LogP contribution in [0.4, 0.5) is 5.82 Å². The lowest BCUT2D eigenvalue weighted by Crippen LogP contribution is -2.24. The fourth-order valence-electron chi connectivity index (χ4n) is 3.56. The second kappa shape index (κ2) is 6.43. The molecule has 0 aliphatic carbocycles. The van der Waals surface area contributed by atoms with Crippen molar-refractivity contribution >= 4 is 5.82 Å². The Morgan fingerprint density at radius 3 is 2.58 bits per heavy atom. The maximum Gasteiger partial charge on any atom is 0.163 e. The van der Waals surface area contributed by atoms with Gasteiger partial charge in [0.25, 0.3) is 0 Å². The standard InChI is InChI=1S/C17H21N5O2/c23-9-12-7-22(8-13(12)10-24)17-14-5-19-6-15(14)20-16(21-17)11-2-1-3-18-4-11/h1-4,12-13,19,23-24H,5-10H2/t12-,13-/m0/s1. The summed E-state index contributed by atoms with van der Waals surface area (Å²) < 4.78 is 0. The molecule has 1 fully saturated rings. The molecular weight excluding hydrogens is 306 g/mol. The zero-order valence-electron chi connectivity index (χ0n) is 13.4. The van der Waals surface area contributed by atoms with Gasteiger partial charge in [-0.1, -0.05) is 0 Å². The first-order valence-electron chi connectivity index (χ1n) is 8.27. The Kier molecular flexibility index (Phi) is 4.13. The van der Waals surface area contributed by atoms with Crippen LogP contribution in [0.25, 0.3) is 11.4 Å². The highest BCUT2D eigenvalue weighted by Gasteiger charge is 2.35.